The Balaban J connectivity index is 1.33. The molecule has 4 aromatic rings. The first-order valence-electron chi connectivity index (χ1n) is 11.8. The monoisotopic (exact) mass is 468 g/mol. The molecule has 0 fully saturated rings. The van der Waals surface area contributed by atoms with Gasteiger partial charge in [-0.3, -0.25) is 14.2 Å². The number of hydrogen-bond acceptors (Lipinski definition) is 5. The van der Waals surface area contributed by atoms with Gasteiger partial charge in [-0.2, -0.15) is 0 Å². The first-order valence-corrected chi connectivity index (χ1v) is 11.8. The van der Waals surface area contributed by atoms with E-state index >= 15 is 0 Å². The lowest BCUT2D eigenvalue weighted by molar-refractivity contribution is 0.0709. The van der Waals surface area contributed by atoms with Crippen LogP contribution in [0.25, 0.3) is 16.6 Å². The molecule has 2 heterocycles. The minimum Gasteiger partial charge on any atom is -0.485 e. The van der Waals surface area contributed by atoms with E-state index < -0.39 is 0 Å². The molecule has 178 valence electrons. The minimum absolute atomic E-state index is 0.0947. The Hall–Kier alpha value is -4.13. The summed E-state index contributed by atoms with van der Waals surface area (Å²) in [7, 11) is 1.79. The normalized spacial score (nSPS) is 14.9. The second-order valence-electron chi connectivity index (χ2n) is 8.80. The van der Waals surface area contributed by atoms with Crippen molar-refractivity contribution in [3.63, 3.8) is 0 Å². The zero-order chi connectivity index (χ0) is 24.5. The summed E-state index contributed by atoms with van der Waals surface area (Å²) in [5, 5.41) is 0.563. The second kappa shape index (κ2) is 9.25. The van der Waals surface area contributed by atoms with Gasteiger partial charge in [0, 0.05) is 19.2 Å². The van der Waals surface area contributed by atoms with Crippen LogP contribution in [0.15, 0.2) is 77.6 Å². The van der Waals surface area contributed by atoms with Crippen molar-refractivity contribution in [1.82, 2.24) is 14.5 Å². The van der Waals surface area contributed by atoms with Gasteiger partial charge in [0.1, 0.15) is 17.7 Å². The molecule has 1 amide bonds. The van der Waals surface area contributed by atoms with Gasteiger partial charge in [0.25, 0.3) is 11.5 Å². The standard InChI is InChI=1S/C28H28N4O3/c1-4-31-18-22(35-26-12-8-7-11-25(26)31)17-30(3)27(33)20-13-15-21(16-14-20)32-19(2)29-24-10-6-5-9-23(24)28(32)34/h5-16,22H,4,17-18H2,1-3H3. The van der Waals surface area contributed by atoms with E-state index in [9.17, 15) is 9.59 Å². The summed E-state index contributed by atoms with van der Waals surface area (Å²) in [5.41, 5.74) is 2.87. The Morgan fingerprint density at radius 1 is 1.06 bits per heavy atom. The van der Waals surface area contributed by atoms with Crippen molar-refractivity contribution in [1.29, 1.82) is 0 Å². The van der Waals surface area contributed by atoms with Crippen LogP contribution < -0.4 is 15.2 Å². The molecule has 0 aliphatic carbocycles. The summed E-state index contributed by atoms with van der Waals surface area (Å²) in [6, 6.07) is 22.4. The van der Waals surface area contributed by atoms with Gasteiger partial charge >= 0.3 is 0 Å². The maximum atomic E-state index is 13.1. The first-order chi connectivity index (χ1) is 17.0. The van der Waals surface area contributed by atoms with Gasteiger partial charge in [0.15, 0.2) is 0 Å². The fourth-order valence-corrected chi connectivity index (χ4v) is 4.68. The molecule has 0 N–H and O–H groups in total. The van der Waals surface area contributed by atoms with Crippen LogP contribution in [0.4, 0.5) is 5.69 Å². The highest BCUT2D eigenvalue weighted by molar-refractivity contribution is 5.94. The maximum Gasteiger partial charge on any atom is 0.265 e. The van der Waals surface area contributed by atoms with E-state index in [1.165, 1.54) is 0 Å². The topological polar surface area (TPSA) is 67.7 Å². The molecule has 7 nitrogen and oxygen atoms in total. The Labute approximate surface area is 204 Å². The molecule has 0 radical (unpaired) electrons. The predicted molar refractivity (Wildman–Crippen MR) is 138 cm³/mol. The average Bonchev–Trinajstić information content (AvgIpc) is 2.88. The van der Waals surface area contributed by atoms with Crippen molar-refractivity contribution in [2.45, 2.75) is 20.0 Å². The molecule has 1 aliphatic heterocycles. The van der Waals surface area contributed by atoms with Crippen molar-refractivity contribution in [3.8, 4) is 11.4 Å². The van der Waals surface area contributed by atoms with E-state index in [-0.39, 0.29) is 17.6 Å². The molecule has 0 saturated carbocycles. The number of carbonyl (C=O) groups is 1. The number of nitrogens with zero attached hydrogens (tertiary/aromatic N) is 4. The number of benzene rings is 3. The smallest absolute Gasteiger partial charge is 0.265 e. The van der Waals surface area contributed by atoms with Crippen LogP contribution in [0.1, 0.15) is 23.1 Å². The summed E-state index contributed by atoms with van der Waals surface area (Å²) < 4.78 is 7.75. The quantitative estimate of drug-likeness (QED) is 0.442. The van der Waals surface area contributed by atoms with Gasteiger partial charge in [-0.05, 0) is 62.4 Å². The number of anilines is 1. The largest absolute Gasteiger partial charge is 0.485 e. The van der Waals surface area contributed by atoms with Crippen LogP contribution >= 0.6 is 0 Å². The molecular weight excluding hydrogens is 440 g/mol. The third-order valence-corrected chi connectivity index (χ3v) is 6.45. The van der Waals surface area contributed by atoms with Crippen molar-refractivity contribution in [2.75, 3.05) is 31.6 Å². The number of carbonyl (C=O) groups excluding carboxylic acids is 1. The summed E-state index contributed by atoms with van der Waals surface area (Å²) in [5.74, 6) is 1.35. The van der Waals surface area contributed by atoms with E-state index in [0.717, 1.165) is 24.5 Å². The zero-order valence-electron chi connectivity index (χ0n) is 20.1. The van der Waals surface area contributed by atoms with E-state index in [1.54, 1.807) is 46.8 Å². The highest BCUT2D eigenvalue weighted by Gasteiger charge is 2.27. The highest BCUT2D eigenvalue weighted by Crippen LogP contribution is 2.33. The molecular formula is C28H28N4O3. The van der Waals surface area contributed by atoms with Gasteiger partial charge in [0.2, 0.25) is 0 Å². The Bertz CT molecular complexity index is 1450. The molecule has 5 rings (SSSR count). The van der Waals surface area contributed by atoms with Crippen LogP contribution in [0, 0.1) is 6.92 Å². The fourth-order valence-electron chi connectivity index (χ4n) is 4.68. The molecule has 1 atom stereocenters. The molecule has 1 aromatic heterocycles. The predicted octanol–water partition coefficient (Wildman–Crippen LogP) is 4.05. The molecule has 3 aromatic carbocycles. The SMILES string of the molecule is CCN1CC(CN(C)C(=O)c2ccc(-n3c(C)nc4ccccc4c3=O)cc2)Oc2ccccc21. The van der Waals surface area contributed by atoms with Crippen molar-refractivity contribution in [2.24, 2.45) is 0 Å². The van der Waals surface area contributed by atoms with Crippen LogP contribution in [0.5, 0.6) is 5.75 Å². The lowest BCUT2D eigenvalue weighted by Crippen LogP contribution is -2.46. The number of para-hydroxylation sites is 3. The molecule has 35 heavy (non-hydrogen) atoms. The lowest BCUT2D eigenvalue weighted by Gasteiger charge is -2.37. The zero-order valence-corrected chi connectivity index (χ0v) is 20.1. The highest BCUT2D eigenvalue weighted by atomic mass is 16.5. The Morgan fingerprint density at radius 2 is 1.77 bits per heavy atom. The third-order valence-electron chi connectivity index (χ3n) is 6.45. The van der Waals surface area contributed by atoms with Crippen LogP contribution in [0.2, 0.25) is 0 Å². The van der Waals surface area contributed by atoms with Gasteiger partial charge in [-0.1, -0.05) is 24.3 Å². The molecule has 1 aliphatic rings. The van der Waals surface area contributed by atoms with Crippen molar-refractivity contribution >= 4 is 22.5 Å². The maximum absolute atomic E-state index is 13.1. The molecule has 0 spiro atoms. The van der Waals surface area contributed by atoms with Crippen LogP contribution in [-0.4, -0.2) is 53.1 Å². The average molecular weight is 469 g/mol. The molecule has 7 heteroatoms. The van der Waals surface area contributed by atoms with Crippen LogP contribution in [0.3, 0.4) is 0 Å². The summed E-state index contributed by atoms with van der Waals surface area (Å²) in [4.78, 5) is 34.7. The first kappa shape index (κ1) is 22.7. The van der Waals surface area contributed by atoms with E-state index in [1.807, 2.05) is 43.3 Å². The summed E-state index contributed by atoms with van der Waals surface area (Å²) in [6.07, 6.45) is -0.122. The second-order valence-corrected chi connectivity index (χ2v) is 8.80. The van der Waals surface area contributed by atoms with Gasteiger partial charge in [-0.15, -0.1) is 0 Å². The van der Waals surface area contributed by atoms with E-state index in [0.29, 0.717) is 34.5 Å². The minimum atomic E-state index is -0.125. The van der Waals surface area contributed by atoms with Gasteiger partial charge < -0.3 is 14.5 Å². The number of aryl methyl sites for hydroxylation is 1. The number of aromatic nitrogens is 2. The lowest BCUT2D eigenvalue weighted by atomic mass is 10.1. The number of rotatable bonds is 5. The number of likely N-dealkylation sites (N-methyl/N-ethyl adjacent to an activating group) is 2. The number of fused-ring (bicyclic) bond motifs is 2. The molecule has 0 bridgehead atoms. The molecule has 1 unspecified atom stereocenters. The Kier molecular flexibility index (Phi) is 5.99. The number of hydrogen-bond donors (Lipinski definition) is 0. The third kappa shape index (κ3) is 4.25. The number of ether oxygens (including phenoxy) is 1. The van der Waals surface area contributed by atoms with Gasteiger partial charge in [-0.25, -0.2) is 4.98 Å². The Morgan fingerprint density at radius 3 is 2.54 bits per heavy atom. The molecule has 0 saturated heterocycles. The van der Waals surface area contributed by atoms with Crippen LogP contribution in [-0.2, 0) is 0 Å². The number of amides is 1. The summed E-state index contributed by atoms with van der Waals surface area (Å²) >= 11 is 0. The summed E-state index contributed by atoms with van der Waals surface area (Å²) in [6.45, 7) is 5.99. The van der Waals surface area contributed by atoms with Gasteiger partial charge in [0.05, 0.1) is 35.4 Å². The van der Waals surface area contributed by atoms with Crippen molar-refractivity contribution in [3.05, 3.63) is 94.5 Å². The fraction of sp³-hybridized carbons (Fsp3) is 0.250. The van der Waals surface area contributed by atoms with Crippen molar-refractivity contribution < 1.29 is 9.53 Å². The van der Waals surface area contributed by atoms with E-state index in [4.69, 9.17) is 4.74 Å². The van der Waals surface area contributed by atoms with E-state index in [2.05, 4.69) is 22.9 Å².